The second kappa shape index (κ2) is 5.41. The van der Waals surface area contributed by atoms with Crippen molar-refractivity contribution in [1.29, 1.82) is 0 Å². The minimum Gasteiger partial charge on any atom is -0.379 e. The topological polar surface area (TPSA) is 113 Å². The molecule has 7 nitrogen and oxygen atoms in total. The molecular formula is C4H12N2O5S. The fourth-order valence-electron chi connectivity index (χ4n) is 0.577. The number of nitrogens with zero attached hydrogens (tertiary/aromatic N) is 1. The van der Waals surface area contributed by atoms with E-state index in [9.17, 15) is 0 Å². The first-order valence-electron chi connectivity index (χ1n) is 3.17. The molecule has 1 saturated heterocycles. The molecule has 74 valence electrons. The summed E-state index contributed by atoms with van der Waals surface area (Å²) in [7, 11) is -4.67. The van der Waals surface area contributed by atoms with Crippen LogP contribution in [0.2, 0.25) is 0 Å². The van der Waals surface area contributed by atoms with Gasteiger partial charge in [-0.2, -0.15) is 8.42 Å². The van der Waals surface area contributed by atoms with E-state index in [0.717, 1.165) is 26.3 Å². The first-order chi connectivity index (χ1) is 5.39. The molecule has 0 aliphatic carbocycles. The quantitative estimate of drug-likeness (QED) is 0.323. The first kappa shape index (κ1) is 11.8. The molecule has 12 heavy (non-hydrogen) atoms. The lowest BCUT2D eigenvalue weighted by molar-refractivity contribution is 0.0378. The van der Waals surface area contributed by atoms with Crippen molar-refractivity contribution in [2.45, 2.75) is 0 Å². The van der Waals surface area contributed by atoms with Crippen LogP contribution < -0.4 is 5.84 Å². The van der Waals surface area contributed by atoms with E-state index in [1.807, 2.05) is 0 Å². The molecule has 0 aromatic carbocycles. The van der Waals surface area contributed by atoms with Gasteiger partial charge in [-0.1, -0.05) is 0 Å². The van der Waals surface area contributed by atoms with E-state index in [1.165, 1.54) is 0 Å². The van der Waals surface area contributed by atoms with Gasteiger partial charge in [0, 0.05) is 13.1 Å². The van der Waals surface area contributed by atoms with E-state index in [4.69, 9.17) is 28.1 Å². The maximum atomic E-state index is 8.74. The lowest BCUT2D eigenvalue weighted by Crippen LogP contribution is -2.41. The number of ether oxygens (including phenoxy) is 1. The molecule has 0 saturated carbocycles. The summed E-state index contributed by atoms with van der Waals surface area (Å²) in [5.74, 6) is 5.39. The molecule has 1 aliphatic rings. The monoisotopic (exact) mass is 200 g/mol. The van der Waals surface area contributed by atoms with Crippen LogP contribution in [-0.4, -0.2) is 48.8 Å². The molecule has 8 heteroatoms. The van der Waals surface area contributed by atoms with Crippen LogP contribution in [0.3, 0.4) is 0 Å². The van der Waals surface area contributed by atoms with Gasteiger partial charge in [0.2, 0.25) is 0 Å². The molecule has 1 aliphatic heterocycles. The molecule has 1 heterocycles. The fourth-order valence-corrected chi connectivity index (χ4v) is 0.577. The van der Waals surface area contributed by atoms with Gasteiger partial charge in [-0.3, -0.25) is 14.9 Å². The predicted molar refractivity (Wildman–Crippen MR) is 40.8 cm³/mol. The van der Waals surface area contributed by atoms with Gasteiger partial charge in [0.25, 0.3) is 0 Å². The summed E-state index contributed by atoms with van der Waals surface area (Å²) in [6, 6.07) is 0. The number of morpholine rings is 1. The second-order valence-electron chi connectivity index (χ2n) is 2.10. The smallest absolute Gasteiger partial charge is 0.379 e. The Morgan fingerprint density at radius 2 is 1.58 bits per heavy atom. The summed E-state index contributed by atoms with van der Waals surface area (Å²) < 4.78 is 36.6. The molecule has 1 rings (SSSR count). The van der Waals surface area contributed by atoms with Crippen molar-refractivity contribution >= 4 is 10.4 Å². The molecule has 0 radical (unpaired) electrons. The van der Waals surface area contributed by atoms with Crippen molar-refractivity contribution in [3.8, 4) is 0 Å². The Morgan fingerprint density at radius 3 is 1.75 bits per heavy atom. The summed E-state index contributed by atoms with van der Waals surface area (Å²) in [6.07, 6.45) is 0. The molecular weight excluding hydrogens is 188 g/mol. The van der Waals surface area contributed by atoms with Gasteiger partial charge in [0.1, 0.15) is 0 Å². The summed E-state index contributed by atoms with van der Waals surface area (Å²) >= 11 is 0. The average molecular weight is 200 g/mol. The first-order valence-corrected chi connectivity index (χ1v) is 4.56. The van der Waals surface area contributed by atoms with Gasteiger partial charge < -0.3 is 4.74 Å². The molecule has 1 fully saturated rings. The lowest BCUT2D eigenvalue weighted by atomic mass is 10.5. The third-order valence-electron chi connectivity index (χ3n) is 1.05. The maximum Gasteiger partial charge on any atom is 0.394 e. The normalized spacial score (nSPS) is 19.6. The van der Waals surface area contributed by atoms with Crippen LogP contribution in [0.15, 0.2) is 0 Å². The number of rotatable bonds is 0. The largest absolute Gasteiger partial charge is 0.394 e. The van der Waals surface area contributed by atoms with E-state index in [2.05, 4.69) is 0 Å². The Hall–Kier alpha value is -0.250. The Labute approximate surface area is 70.6 Å². The minimum atomic E-state index is -4.67. The molecule has 0 atom stereocenters. The molecule has 0 amide bonds. The molecule has 0 aromatic rings. The Balaban J connectivity index is 0.000000217. The lowest BCUT2D eigenvalue weighted by Gasteiger charge is -2.20. The van der Waals surface area contributed by atoms with Crippen molar-refractivity contribution in [2.24, 2.45) is 5.84 Å². The van der Waals surface area contributed by atoms with E-state index in [0.29, 0.717) is 0 Å². The van der Waals surface area contributed by atoms with Crippen LogP contribution >= 0.6 is 0 Å². The molecule has 0 spiro atoms. The van der Waals surface area contributed by atoms with Gasteiger partial charge in [-0.05, 0) is 0 Å². The van der Waals surface area contributed by atoms with Crippen LogP contribution in [0.25, 0.3) is 0 Å². The average Bonchev–Trinajstić information content (AvgIpc) is 1.85. The van der Waals surface area contributed by atoms with Gasteiger partial charge >= 0.3 is 10.4 Å². The Bertz CT molecular complexity index is 189. The van der Waals surface area contributed by atoms with Crippen molar-refractivity contribution in [3.63, 3.8) is 0 Å². The van der Waals surface area contributed by atoms with Crippen LogP contribution in [0.4, 0.5) is 0 Å². The van der Waals surface area contributed by atoms with Crippen LogP contribution in [0.5, 0.6) is 0 Å². The SMILES string of the molecule is NN1CCOCC1.O=S(=O)(O)O. The van der Waals surface area contributed by atoms with Crippen molar-refractivity contribution < 1.29 is 22.3 Å². The molecule has 0 unspecified atom stereocenters. The van der Waals surface area contributed by atoms with E-state index >= 15 is 0 Å². The van der Waals surface area contributed by atoms with Gasteiger partial charge in [-0.15, -0.1) is 0 Å². The van der Waals surface area contributed by atoms with E-state index < -0.39 is 10.4 Å². The number of hydrogen-bond donors (Lipinski definition) is 3. The zero-order valence-corrected chi connectivity index (χ0v) is 7.20. The van der Waals surface area contributed by atoms with Gasteiger partial charge in [0.05, 0.1) is 13.2 Å². The summed E-state index contributed by atoms with van der Waals surface area (Å²) in [5.41, 5.74) is 0. The number of hydrazine groups is 1. The minimum absolute atomic E-state index is 0.788. The van der Waals surface area contributed by atoms with Crippen LogP contribution in [0.1, 0.15) is 0 Å². The highest BCUT2D eigenvalue weighted by molar-refractivity contribution is 7.79. The molecule has 4 N–H and O–H groups in total. The fraction of sp³-hybridized carbons (Fsp3) is 1.00. The zero-order valence-electron chi connectivity index (χ0n) is 6.38. The van der Waals surface area contributed by atoms with Gasteiger partial charge in [0.15, 0.2) is 0 Å². The third kappa shape index (κ3) is 12.4. The van der Waals surface area contributed by atoms with Crippen molar-refractivity contribution in [1.82, 2.24) is 5.01 Å². The van der Waals surface area contributed by atoms with E-state index in [1.54, 1.807) is 5.01 Å². The standard InChI is InChI=1S/C4H10N2O.H2O4S/c5-6-1-3-7-4-2-6;1-5(2,3)4/h1-5H2;(H2,1,2,3,4). The van der Waals surface area contributed by atoms with Crippen LogP contribution in [-0.2, 0) is 15.1 Å². The predicted octanol–water partition coefficient (Wildman–Crippen LogP) is -1.46. The van der Waals surface area contributed by atoms with E-state index in [-0.39, 0.29) is 0 Å². The summed E-state index contributed by atoms with van der Waals surface area (Å²) in [4.78, 5) is 0. The Kier molecular flexibility index (Phi) is 5.29. The van der Waals surface area contributed by atoms with Gasteiger partial charge in [-0.25, -0.2) is 5.01 Å². The zero-order chi connectivity index (χ0) is 9.61. The highest BCUT2D eigenvalue weighted by Gasteiger charge is 2.02. The summed E-state index contributed by atoms with van der Waals surface area (Å²) in [6.45, 7) is 3.33. The highest BCUT2D eigenvalue weighted by Crippen LogP contribution is 1.86. The van der Waals surface area contributed by atoms with Crippen LogP contribution in [0, 0.1) is 0 Å². The maximum absolute atomic E-state index is 8.74. The van der Waals surface area contributed by atoms with Crippen molar-refractivity contribution in [3.05, 3.63) is 0 Å². The highest BCUT2D eigenvalue weighted by atomic mass is 32.3. The molecule has 0 aromatic heterocycles. The number of hydrogen-bond acceptors (Lipinski definition) is 5. The third-order valence-corrected chi connectivity index (χ3v) is 1.05. The number of nitrogens with two attached hydrogens (primary N) is 1. The summed E-state index contributed by atoms with van der Waals surface area (Å²) in [5, 5.41) is 1.77. The van der Waals surface area contributed by atoms with Crippen molar-refractivity contribution in [2.75, 3.05) is 26.3 Å². The molecule has 0 bridgehead atoms. The Morgan fingerprint density at radius 1 is 1.25 bits per heavy atom. The second-order valence-corrected chi connectivity index (χ2v) is 2.99.